The summed E-state index contributed by atoms with van der Waals surface area (Å²) in [6, 6.07) is 11.4. The molecule has 0 saturated carbocycles. The van der Waals surface area contributed by atoms with Gasteiger partial charge in [-0.05, 0) is 59.7 Å². The molecule has 1 aliphatic rings. The van der Waals surface area contributed by atoms with Crippen LogP contribution < -0.4 is 10.6 Å². The van der Waals surface area contributed by atoms with Crippen LogP contribution in [0.25, 0.3) is 6.08 Å². The van der Waals surface area contributed by atoms with Crippen molar-refractivity contribution in [2.24, 2.45) is 5.92 Å². The molecule has 2 unspecified atom stereocenters. The summed E-state index contributed by atoms with van der Waals surface area (Å²) < 4.78 is 27.3. The number of aryl methyl sites for hydroxylation is 1. The topological polar surface area (TPSA) is 24.1 Å². The van der Waals surface area contributed by atoms with E-state index in [2.05, 4.69) is 64.6 Å². The van der Waals surface area contributed by atoms with E-state index in [0.717, 1.165) is 59.8 Å². The molecule has 0 radical (unpaired) electrons. The van der Waals surface area contributed by atoms with Gasteiger partial charge in [0.15, 0.2) is 0 Å². The first kappa shape index (κ1) is 21.8. The highest BCUT2D eigenvalue weighted by Crippen LogP contribution is 2.35. The van der Waals surface area contributed by atoms with Crippen LogP contribution in [-0.2, 0) is 18.8 Å². The average Bonchev–Trinajstić information content (AvgIpc) is 2.71. The van der Waals surface area contributed by atoms with Crippen LogP contribution in [0.1, 0.15) is 45.2 Å². The average molecular weight is 508 g/mol. The quantitative estimate of drug-likeness (QED) is 0.244. The maximum atomic E-state index is 13.6. The van der Waals surface area contributed by atoms with E-state index in [-0.39, 0.29) is 9.61 Å². The highest BCUT2D eigenvalue weighted by Gasteiger charge is 2.28. The van der Waals surface area contributed by atoms with Crippen LogP contribution in [0.3, 0.4) is 0 Å². The number of alkyl halides is 3. The van der Waals surface area contributed by atoms with Gasteiger partial charge in [-0.15, -0.1) is 0 Å². The second kappa shape index (κ2) is 8.86. The first-order valence-electron chi connectivity index (χ1n) is 9.76. The molecule has 0 spiro atoms. The number of nitrogens with one attached hydrogen (secondary N) is 2. The minimum atomic E-state index is -2.79. The molecule has 2 N–H and O–H groups in total. The molecule has 2 atom stereocenters. The van der Waals surface area contributed by atoms with Gasteiger partial charge in [-0.2, -0.15) is 0 Å². The van der Waals surface area contributed by atoms with E-state index < -0.39 is 5.92 Å². The maximum Gasteiger partial charge on any atom is 0.270 e. The third-order valence-electron chi connectivity index (χ3n) is 5.60. The third-order valence-corrected chi connectivity index (χ3v) is 6.63. The fourth-order valence-corrected chi connectivity index (χ4v) is 4.61. The molecule has 0 aliphatic heterocycles. The van der Waals surface area contributed by atoms with E-state index in [0.29, 0.717) is 5.92 Å². The second-order valence-electron chi connectivity index (χ2n) is 7.64. The van der Waals surface area contributed by atoms with E-state index in [4.69, 9.17) is 0 Å². The molecule has 154 valence electrons. The summed E-state index contributed by atoms with van der Waals surface area (Å²) in [4.78, 5) is 0. The molecule has 0 saturated heterocycles. The predicted octanol–water partition coefficient (Wildman–Crippen LogP) is 6.83. The zero-order chi connectivity index (χ0) is 21.2. The van der Waals surface area contributed by atoms with Crippen LogP contribution >= 0.6 is 22.6 Å². The number of hydrogen-bond acceptors (Lipinski definition) is 2. The molecule has 0 bridgehead atoms. The fraction of sp³-hybridized carbons (Fsp3) is 0.333. The Morgan fingerprint density at radius 3 is 2.66 bits per heavy atom. The van der Waals surface area contributed by atoms with Gasteiger partial charge in [0.2, 0.25) is 0 Å². The molecular weight excluding hydrogens is 481 g/mol. The van der Waals surface area contributed by atoms with E-state index in [1.807, 2.05) is 19.2 Å². The van der Waals surface area contributed by atoms with Crippen molar-refractivity contribution < 1.29 is 8.78 Å². The van der Waals surface area contributed by atoms with Gasteiger partial charge in [0.05, 0.1) is 0 Å². The smallest absolute Gasteiger partial charge is 0.270 e. The van der Waals surface area contributed by atoms with Crippen molar-refractivity contribution in [3.8, 4) is 0 Å². The number of allylic oxidation sites excluding steroid dienone is 1. The van der Waals surface area contributed by atoms with Crippen LogP contribution in [0.5, 0.6) is 0 Å². The van der Waals surface area contributed by atoms with Crippen molar-refractivity contribution in [3.63, 3.8) is 0 Å². The molecule has 0 amide bonds. The lowest BCUT2D eigenvalue weighted by Gasteiger charge is -2.29. The number of fused-ring (bicyclic) bond motifs is 1. The summed E-state index contributed by atoms with van der Waals surface area (Å²) in [6.45, 7) is 9.12. The Balaban J connectivity index is 1.68. The number of anilines is 1. The van der Waals surface area contributed by atoms with E-state index in [9.17, 15) is 8.78 Å². The first-order valence-corrected chi connectivity index (χ1v) is 11.0. The molecule has 2 aromatic rings. The highest BCUT2D eigenvalue weighted by atomic mass is 127. The Bertz CT molecular complexity index is 918. The molecule has 2 aromatic carbocycles. The molecule has 0 heterocycles. The van der Waals surface area contributed by atoms with Crippen LogP contribution in [0.15, 0.2) is 55.3 Å². The van der Waals surface area contributed by atoms with Gasteiger partial charge in [-0.25, -0.2) is 8.78 Å². The number of benzene rings is 2. The Kier molecular flexibility index (Phi) is 6.66. The number of halogens is 3. The van der Waals surface area contributed by atoms with Crippen molar-refractivity contribution in [2.75, 3.05) is 12.4 Å². The monoisotopic (exact) mass is 508 g/mol. The van der Waals surface area contributed by atoms with E-state index in [1.165, 1.54) is 0 Å². The molecule has 2 nitrogen and oxygen atoms in total. The van der Waals surface area contributed by atoms with Gasteiger partial charge in [-0.1, -0.05) is 60.0 Å². The zero-order valence-corrected chi connectivity index (χ0v) is 19.0. The first-order chi connectivity index (χ1) is 13.7. The summed E-state index contributed by atoms with van der Waals surface area (Å²) in [6.07, 6.45) is 4.39. The maximum absolute atomic E-state index is 13.6. The third kappa shape index (κ3) is 5.00. The summed E-state index contributed by atoms with van der Waals surface area (Å²) >= 11 is 2.38. The largest absolute Gasteiger partial charge is 0.388 e. The lowest BCUT2D eigenvalue weighted by atomic mass is 9.81. The van der Waals surface area contributed by atoms with Gasteiger partial charge >= 0.3 is 0 Å². The Morgan fingerprint density at radius 1 is 1.24 bits per heavy atom. The predicted molar refractivity (Wildman–Crippen MR) is 127 cm³/mol. The SMILES string of the molecule is C=Cc1cc(C(I)NC(=C)C2CCc3cc(C(C)(F)F)ccc3C2)ccc1NC. The molecule has 3 rings (SSSR count). The lowest BCUT2D eigenvalue weighted by molar-refractivity contribution is 0.0173. The van der Waals surface area contributed by atoms with Crippen molar-refractivity contribution in [1.82, 2.24) is 5.32 Å². The van der Waals surface area contributed by atoms with E-state index in [1.54, 1.807) is 12.1 Å². The molecular formula is C24H27F2IN2. The van der Waals surface area contributed by atoms with Crippen molar-refractivity contribution in [1.29, 1.82) is 0 Å². The summed E-state index contributed by atoms with van der Waals surface area (Å²) in [5.41, 5.74) is 6.56. The molecule has 1 aliphatic carbocycles. The van der Waals surface area contributed by atoms with Crippen LogP contribution in [0.4, 0.5) is 14.5 Å². The number of hydrogen-bond donors (Lipinski definition) is 2. The molecule has 0 aromatic heterocycles. The fourth-order valence-electron chi connectivity index (χ4n) is 3.82. The summed E-state index contributed by atoms with van der Waals surface area (Å²) in [5, 5.41) is 6.71. The van der Waals surface area contributed by atoms with Crippen LogP contribution in [0, 0.1) is 5.92 Å². The second-order valence-corrected chi connectivity index (χ2v) is 8.89. The lowest BCUT2D eigenvalue weighted by Crippen LogP contribution is -2.26. The summed E-state index contributed by atoms with van der Waals surface area (Å²) in [5.74, 6) is -2.50. The minimum absolute atomic E-state index is 0.0901. The van der Waals surface area contributed by atoms with Crippen LogP contribution in [-0.4, -0.2) is 7.05 Å². The summed E-state index contributed by atoms with van der Waals surface area (Å²) in [7, 11) is 1.90. The Labute approximate surface area is 185 Å². The van der Waals surface area contributed by atoms with Crippen LogP contribution in [0.2, 0.25) is 0 Å². The molecule has 0 fully saturated rings. The zero-order valence-electron chi connectivity index (χ0n) is 16.9. The van der Waals surface area contributed by atoms with Gasteiger partial charge in [0.25, 0.3) is 5.92 Å². The van der Waals surface area contributed by atoms with Gasteiger partial charge in [0, 0.05) is 36.8 Å². The van der Waals surface area contributed by atoms with Crippen molar-refractivity contribution >= 4 is 34.4 Å². The Hall–Kier alpha value is -1.89. The van der Waals surface area contributed by atoms with Crippen molar-refractivity contribution in [3.05, 3.63) is 83.1 Å². The molecule has 5 heteroatoms. The Morgan fingerprint density at radius 2 is 2.00 bits per heavy atom. The number of rotatable bonds is 7. The highest BCUT2D eigenvalue weighted by molar-refractivity contribution is 14.1. The van der Waals surface area contributed by atoms with Gasteiger partial charge < -0.3 is 10.6 Å². The van der Waals surface area contributed by atoms with E-state index >= 15 is 0 Å². The normalized spacial score (nSPS) is 17.2. The van der Waals surface area contributed by atoms with Gasteiger partial charge in [0.1, 0.15) is 4.05 Å². The minimum Gasteiger partial charge on any atom is -0.388 e. The van der Waals surface area contributed by atoms with Gasteiger partial charge in [-0.3, -0.25) is 0 Å². The molecule has 29 heavy (non-hydrogen) atoms. The van der Waals surface area contributed by atoms with Crippen molar-refractivity contribution in [2.45, 2.75) is 36.2 Å². The standard InChI is InChI=1S/C24H27F2IN2/c1-5-16-12-20(9-11-22(16)28-4)23(27)29-15(2)17-6-7-19-14-21(24(3,25)26)10-8-18(19)13-17/h5,8-12,14,17,23,28-29H,1-2,6-7,13H2,3-4H3.